The summed E-state index contributed by atoms with van der Waals surface area (Å²) in [5.41, 5.74) is 1.08. The predicted molar refractivity (Wildman–Crippen MR) is 84.2 cm³/mol. The molecule has 0 bridgehead atoms. The lowest BCUT2D eigenvalue weighted by Gasteiger charge is -2.33. The van der Waals surface area contributed by atoms with E-state index in [0.29, 0.717) is 5.92 Å². The maximum absolute atomic E-state index is 13.2. The van der Waals surface area contributed by atoms with Gasteiger partial charge in [0.05, 0.1) is 11.6 Å². The van der Waals surface area contributed by atoms with Gasteiger partial charge in [-0.3, -0.25) is 4.90 Å². The van der Waals surface area contributed by atoms with Crippen LogP contribution in [-0.4, -0.2) is 44.8 Å². The number of ether oxygens (including phenoxy) is 1. The lowest BCUT2D eigenvalue weighted by Crippen LogP contribution is -2.39. The summed E-state index contributed by atoms with van der Waals surface area (Å²) in [6.07, 6.45) is 2.48. The minimum absolute atomic E-state index is 0.210. The van der Waals surface area contributed by atoms with Gasteiger partial charge in [-0.2, -0.15) is 0 Å². The van der Waals surface area contributed by atoms with Gasteiger partial charge in [-0.05, 0) is 49.5 Å². The molecule has 1 atom stereocenters. The van der Waals surface area contributed by atoms with E-state index in [1.165, 1.54) is 18.9 Å². The molecule has 0 aromatic heterocycles. The number of benzene rings is 1. The Bertz CT molecular complexity index is 444. The van der Waals surface area contributed by atoms with Crippen molar-refractivity contribution in [2.45, 2.75) is 19.4 Å². The van der Waals surface area contributed by atoms with Crippen LogP contribution in [0.25, 0.3) is 0 Å². The van der Waals surface area contributed by atoms with Gasteiger partial charge in [0.25, 0.3) is 0 Å². The van der Waals surface area contributed by atoms with E-state index in [-0.39, 0.29) is 10.8 Å². The van der Waals surface area contributed by atoms with Gasteiger partial charge in [0, 0.05) is 26.7 Å². The fraction of sp³-hybridized carbons (Fsp3) is 0.625. The fourth-order valence-corrected chi connectivity index (χ4v) is 3.04. The Hall–Kier alpha value is -0.680. The predicted octanol–water partition coefficient (Wildman–Crippen LogP) is 2.93. The second kappa shape index (κ2) is 8.69. The molecule has 1 N–H and O–H groups in total. The molecule has 0 saturated carbocycles. The number of nitrogens with zero attached hydrogens (tertiary/aromatic N) is 1. The quantitative estimate of drug-likeness (QED) is 0.783. The van der Waals surface area contributed by atoms with Crippen LogP contribution in [0.3, 0.4) is 0 Å². The third kappa shape index (κ3) is 5.55. The highest BCUT2D eigenvalue weighted by atomic mass is 35.5. The average Bonchev–Trinajstić information content (AvgIpc) is 2.48. The zero-order valence-corrected chi connectivity index (χ0v) is 13.3. The third-order valence-corrected chi connectivity index (χ3v) is 4.20. The van der Waals surface area contributed by atoms with E-state index in [1.807, 2.05) is 6.07 Å². The highest BCUT2D eigenvalue weighted by Crippen LogP contribution is 2.21. The van der Waals surface area contributed by atoms with Gasteiger partial charge in [0.1, 0.15) is 5.82 Å². The van der Waals surface area contributed by atoms with Crippen LogP contribution in [0.5, 0.6) is 0 Å². The van der Waals surface area contributed by atoms with Crippen molar-refractivity contribution in [3.05, 3.63) is 34.6 Å². The molecule has 1 aliphatic heterocycles. The monoisotopic (exact) mass is 314 g/mol. The molecule has 1 aromatic rings. The van der Waals surface area contributed by atoms with Crippen molar-refractivity contribution in [1.29, 1.82) is 0 Å². The van der Waals surface area contributed by atoms with Gasteiger partial charge in [-0.1, -0.05) is 17.7 Å². The van der Waals surface area contributed by atoms with Crippen molar-refractivity contribution >= 4 is 11.6 Å². The number of hydrogen-bond acceptors (Lipinski definition) is 3. The van der Waals surface area contributed by atoms with E-state index in [2.05, 4.69) is 10.2 Å². The number of piperidine rings is 1. The Kier molecular flexibility index (Phi) is 6.90. The smallest absolute Gasteiger partial charge is 0.141 e. The van der Waals surface area contributed by atoms with E-state index >= 15 is 0 Å². The summed E-state index contributed by atoms with van der Waals surface area (Å²) in [6, 6.07) is 5.00. The van der Waals surface area contributed by atoms with Gasteiger partial charge in [0.15, 0.2) is 0 Å². The van der Waals surface area contributed by atoms with Crippen LogP contribution < -0.4 is 5.32 Å². The zero-order chi connectivity index (χ0) is 15.1. The van der Waals surface area contributed by atoms with Gasteiger partial charge in [-0.15, -0.1) is 0 Å². The summed E-state index contributed by atoms with van der Waals surface area (Å²) in [6.45, 7) is 5.71. The number of nitrogens with one attached hydrogen (secondary N) is 1. The van der Waals surface area contributed by atoms with Gasteiger partial charge in [-0.25, -0.2) is 4.39 Å². The first-order valence-corrected chi connectivity index (χ1v) is 7.92. The minimum Gasteiger partial charge on any atom is -0.383 e. The molecule has 0 aliphatic carbocycles. The number of hydrogen-bond donors (Lipinski definition) is 1. The lowest BCUT2D eigenvalue weighted by molar-refractivity contribution is 0.159. The van der Waals surface area contributed by atoms with Crippen molar-refractivity contribution in [2.24, 2.45) is 5.92 Å². The maximum Gasteiger partial charge on any atom is 0.141 e. The molecule has 2 rings (SSSR count). The second-order valence-corrected chi connectivity index (χ2v) is 6.10. The first-order valence-electron chi connectivity index (χ1n) is 7.55. The summed E-state index contributed by atoms with van der Waals surface area (Å²) in [5, 5.41) is 3.65. The van der Waals surface area contributed by atoms with Crippen LogP contribution in [0.1, 0.15) is 18.4 Å². The Morgan fingerprint density at radius 3 is 3.10 bits per heavy atom. The number of likely N-dealkylation sites (tertiary alicyclic amines) is 1. The molecule has 118 valence electrons. The normalized spacial score (nSPS) is 19.9. The van der Waals surface area contributed by atoms with Crippen LogP contribution in [0.2, 0.25) is 5.02 Å². The highest BCUT2D eigenvalue weighted by Gasteiger charge is 2.19. The highest BCUT2D eigenvalue weighted by molar-refractivity contribution is 6.30. The molecular formula is C16H24ClFN2O. The van der Waals surface area contributed by atoms with Crippen LogP contribution >= 0.6 is 11.6 Å². The van der Waals surface area contributed by atoms with Crippen molar-refractivity contribution in [2.75, 3.05) is 39.9 Å². The topological polar surface area (TPSA) is 24.5 Å². The van der Waals surface area contributed by atoms with E-state index in [4.69, 9.17) is 16.3 Å². The zero-order valence-electron chi connectivity index (χ0n) is 12.6. The lowest BCUT2D eigenvalue weighted by atomic mass is 9.97. The molecule has 0 spiro atoms. The summed E-state index contributed by atoms with van der Waals surface area (Å²) in [5.74, 6) is 0.325. The van der Waals surface area contributed by atoms with E-state index in [1.54, 1.807) is 13.2 Å². The Morgan fingerprint density at radius 2 is 2.33 bits per heavy atom. The van der Waals surface area contributed by atoms with Gasteiger partial charge >= 0.3 is 0 Å². The number of methoxy groups -OCH3 is 1. The molecule has 3 nitrogen and oxygen atoms in total. The maximum atomic E-state index is 13.2. The third-order valence-electron chi connectivity index (χ3n) is 3.91. The molecule has 1 saturated heterocycles. The summed E-state index contributed by atoms with van der Waals surface area (Å²) >= 11 is 5.84. The molecule has 5 heteroatoms. The van der Waals surface area contributed by atoms with Crippen LogP contribution in [0, 0.1) is 11.7 Å². The fourth-order valence-electron chi connectivity index (χ4n) is 2.84. The summed E-state index contributed by atoms with van der Waals surface area (Å²) < 4.78 is 18.2. The molecule has 21 heavy (non-hydrogen) atoms. The number of halogens is 2. The molecule has 1 aliphatic rings. The van der Waals surface area contributed by atoms with Crippen molar-refractivity contribution in [3.8, 4) is 0 Å². The Labute approximate surface area is 131 Å². The van der Waals surface area contributed by atoms with Crippen molar-refractivity contribution < 1.29 is 9.13 Å². The molecule has 1 aromatic carbocycles. The van der Waals surface area contributed by atoms with Gasteiger partial charge < -0.3 is 10.1 Å². The van der Waals surface area contributed by atoms with E-state index < -0.39 is 0 Å². The molecule has 0 amide bonds. The number of rotatable bonds is 7. The average molecular weight is 315 g/mol. The van der Waals surface area contributed by atoms with Gasteiger partial charge in [0.2, 0.25) is 0 Å². The van der Waals surface area contributed by atoms with Crippen LogP contribution in [0.15, 0.2) is 18.2 Å². The largest absolute Gasteiger partial charge is 0.383 e. The van der Waals surface area contributed by atoms with E-state index in [0.717, 1.165) is 44.9 Å². The minimum atomic E-state index is -0.348. The van der Waals surface area contributed by atoms with Crippen molar-refractivity contribution in [1.82, 2.24) is 10.2 Å². The molecule has 1 unspecified atom stereocenters. The summed E-state index contributed by atoms with van der Waals surface area (Å²) in [4.78, 5) is 2.43. The SMILES string of the molecule is COCCNCC1CCCN(Cc2ccc(F)c(Cl)c2)C1. The second-order valence-electron chi connectivity index (χ2n) is 5.69. The molecule has 1 heterocycles. The van der Waals surface area contributed by atoms with Crippen molar-refractivity contribution in [3.63, 3.8) is 0 Å². The molecule has 1 fully saturated rings. The Balaban J connectivity index is 1.79. The van der Waals surface area contributed by atoms with Crippen LogP contribution in [-0.2, 0) is 11.3 Å². The molecular weight excluding hydrogens is 291 g/mol. The van der Waals surface area contributed by atoms with Crippen LogP contribution in [0.4, 0.5) is 4.39 Å². The Morgan fingerprint density at radius 1 is 1.48 bits per heavy atom. The molecule has 0 radical (unpaired) electrons. The summed E-state index contributed by atoms with van der Waals surface area (Å²) in [7, 11) is 1.72. The standard InChI is InChI=1S/C16H24ClFN2O/c1-21-8-6-19-10-14-3-2-7-20(12-14)11-13-4-5-16(18)15(17)9-13/h4-5,9,14,19H,2-3,6-8,10-12H2,1H3. The first-order chi connectivity index (χ1) is 10.2. The van der Waals surface area contributed by atoms with E-state index in [9.17, 15) is 4.39 Å². The first kappa shape index (κ1) is 16.7.